The molecule has 8 aromatic heterocycles. The summed E-state index contributed by atoms with van der Waals surface area (Å²) < 4.78 is 37.3. The highest BCUT2D eigenvalue weighted by atomic mass is 32.2. The molecule has 13 nitrogen and oxygen atoms in total. The molecular formula is C39H40N11O2S5+. The third-order valence-corrected chi connectivity index (χ3v) is 19.1. The number of fused-ring (bicyclic) bond motifs is 2. The van der Waals surface area contributed by atoms with E-state index >= 15 is 0 Å². The number of hydrogen-bond donors (Lipinski definition) is 2. The maximum absolute atomic E-state index is 14.3. The predicted octanol–water partition coefficient (Wildman–Crippen LogP) is 7.08. The molecule has 0 spiro atoms. The van der Waals surface area contributed by atoms with Crippen LogP contribution in [0, 0.1) is 13.8 Å². The van der Waals surface area contributed by atoms with Crippen LogP contribution in [0.25, 0.3) is 64.8 Å². The van der Waals surface area contributed by atoms with E-state index in [1.54, 1.807) is 22.2 Å². The van der Waals surface area contributed by atoms with Gasteiger partial charge in [0.25, 0.3) is 0 Å². The van der Waals surface area contributed by atoms with E-state index in [2.05, 4.69) is 42.0 Å². The monoisotopic (exact) mass is 854 g/mol. The molecule has 0 bridgehead atoms. The summed E-state index contributed by atoms with van der Waals surface area (Å²) in [4.78, 5) is 21.8. The number of imidazole rings is 2. The lowest BCUT2D eigenvalue weighted by molar-refractivity contribution is -0.727. The number of aromatic nitrogens is 9. The number of nitrogens with zero attached hydrogens (tertiary/aromatic N) is 9. The molecule has 292 valence electrons. The summed E-state index contributed by atoms with van der Waals surface area (Å²) in [6, 6.07) is 4.32. The molecule has 4 N–H and O–H groups in total. The van der Waals surface area contributed by atoms with Crippen molar-refractivity contribution in [2.24, 2.45) is 21.1 Å². The van der Waals surface area contributed by atoms with Crippen LogP contribution in [-0.2, 0) is 42.7 Å². The Bertz CT molecular complexity index is 2960. The van der Waals surface area contributed by atoms with Crippen molar-refractivity contribution in [2.75, 3.05) is 11.5 Å². The lowest BCUT2D eigenvalue weighted by Crippen LogP contribution is -2.48. The lowest BCUT2D eigenvalue weighted by atomic mass is 9.92. The second kappa shape index (κ2) is 13.8. The normalized spacial score (nSPS) is 18.3. The first-order valence-corrected chi connectivity index (χ1v) is 23.6. The van der Waals surface area contributed by atoms with Crippen molar-refractivity contribution in [1.82, 2.24) is 38.9 Å². The molecule has 0 amide bonds. The zero-order valence-corrected chi connectivity index (χ0v) is 36.0. The predicted molar refractivity (Wildman–Crippen MR) is 230 cm³/mol. The molecule has 2 aliphatic rings. The molecule has 0 radical (unpaired) electrons. The van der Waals surface area contributed by atoms with Gasteiger partial charge in [0.15, 0.2) is 12.2 Å². The Balaban J connectivity index is 0.946. The van der Waals surface area contributed by atoms with Crippen LogP contribution in [0.3, 0.4) is 0 Å². The summed E-state index contributed by atoms with van der Waals surface area (Å²) in [5.74, 6) is 1.77. The molecule has 0 aliphatic heterocycles. The largest absolute Gasteiger partial charge is 0.396 e. The van der Waals surface area contributed by atoms with Gasteiger partial charge in [-0.1, -0.05) is 17.8 Å². The van der Waals surface area contributed by atoms with Crippen molar-refractivity contribution < 1.29 is 13.0 Å². The quantitative estimate of drug-likeness (QED) is 0.144. The number of hydrogen-bond acceptors (Lipinski definition) is 12. The molecule has 8 aromatic rings. The van der Waals surface area contributed by atoms with Crippen molar-refractivity contribution in [2.45, 2.75) is 70.9 Å². The molecule has 57 heavy (non-hydrogen) atoms. The maximum atomic E-state index is 14.3. The van der Waals surface area contributed by atoms with E-state index in [0.717, 1.165) is 113 Å². The van der Waals surface area contributed by atoms with Gasteiger partial charge in [0, 0.05) is 72.9 Å². The average molecular weight is 855 g/mol. The molecule has 10 rings (SSSR count). The summed E-state index contributed by atoms with van der Waals surface area (Å²) in [5, 5.41) is 6.13. The van der Waals surface area contributed by atoms with Gasteiger partial charge in [-0.2, -0.15) is 9.67 Å². The first-order chi connectivity index (χ1) is 27.4. The molecule has 2 saturated carbocycles. The Hall–Kier alpha value is -4.62. The van der Waals surface area contributed by atoms with Crippen LogP contribution in [0.1, 0.15) is 49.8 Å². The molecule has 2 unspecified atom stereocenters. The minimum atomic E-state index is -1.32. The van der Waals surface area contributed by atoms with Gasteiger partial charge in [-0.05, 0) is 38.8 Å². The lowest BCUT2D eigenvalue weighted by Gasteiger charge is -2.29. The fourth-order valence-electron chi connectivity index (χ4n) is 7.71. The van der Waals surface area contributed by atoms with Gasteiger partial charge in [0.1, 0.15) is 34.6 Å². The van der Waals surface area contributed by atoms with Crippen molar-refractivity contribution in [3.63, 3.8) is 0 Å². The van der Waals surface area contributed by atoms with E-state index in [4.69, 9.17) is 21.4 Å². The molecular weight excluding hydrogens is 815 g/mol. The van der Waals surface area contributed by atoms with E-state index in [0.29, 0.717) is 15.6 Å². The first kappa shape index (κ1) is 36.7. The van der Waals surface area contributed by atoms with Crippen LogP contribution in [0.4, 0.5) is 11.4 Å². The Morgan fingerprint density at radius 2 is 1.35 bits per heavy atom. The van der Waals surface area contributed by atoms with Gasteiger partial charge in [-0.25, -0.2) is 19.9 Å². The average Bonchev–Trinajstić information content (AvgIpc) is 4.01. The number of thiophene rings is 2. The summed E-state index contributed by atoms with van der Waals surface area (Å²) in [6.45, 7) is 3.94. The second-order valence-electron chi connectivity index (χ2n) is 15.0. The second-order valence-corrected chi connectivity index (χ2v) is 21.8. The summed E-state index contributed by atoms with van der Waals surface area (Å²) in [7, 11) is 3.39. The Morgan fingerprint density at radius 1 is 0.789 bits per heavy atom. The Labute approximate surface area is 345 Å². The zero-order chi connectivity index (χ0) is 39.4. The molecule has 0 aromatic carbocycles. The molecule has 0 saturated heterocycles. The molecule has 18 heteroatoms. The number of thiazole rings is 1. The summed E-state index contributed by atoms with van der Waals surface area (Å²) in [5.41, 5.74) is 23.1. The zero-order valence-electron chi connectivity index (χ0n) is 31.9. The minimum Gasteiger partial charge on any atom is -0.396 e. The van der Waals surface area contributed by atoms with E-state index < -0.39 is 21.6 Å². The van der Waals surface area contributed by atoms with Crippen LogP contribution in [0.5, 0.6) is 0 Å². The van der Waals surface area contributed by atoms with Gasteiger partial charge < -0.3 is 20.6 Å². The third kappa shape index (κ3) is 5.93. The molecule has 2 aliphatic carbocycles. The fourth-order valence-corrected chi connectivity index (χ4v) is 15.0. The highest BCUT2D eigenvalue weighted by Crippen LogP contribution is 2.47. The van der Waals surface area contributed by atoms with E-state index in [9.17, 15) is 8.42 Å². The van der Waals surface area contributed by atoms with E-state index in [-0.39, 0.29) is 16.5 Å². The van der Waals surface area contributed by atoms with Gasteiger partial charge in [0.05, 0.1) is 79.6 Å². The Kier molecular flexibility index (Phi) is 8.86. The highest BCUT2D eigenvalue weighted by Gasteiger charge is 2.42. The van der Waals surface area contributed by atoms with Gasteiger partial charge in [-0.3, -0.25) is 13.1 Å². The minimum absolute atomic E-state index is 0.0420. The van der Waals surface area contributed by atoms with Crippen molar-refractivity contribution in [3.8, 4) is 44.3 Å². The van der Waals surface area contributed by atoms with Crippen LogP contribution in [0.15, 0.2) is 57.0 Å². The van der Waals surface area contributed by atoms with Crippen molar-refractivity contribution in [1.29, 1.82) is 0 Å². The van der Waals surface area contributed by atoms with Gasteiger partial charge in [-0.15, -0.1) is 22.7 Å². The number of anilines is 2. The third-order valence-electron chi connectivity index (χ3n) is 11.7. The number of aryl methyl sites for hydroxylation is 3. The highest BCUT2D eigenvalue weighted by molar-refractivity contribution is 7.88. The van der Waals surface area contributed by atoms with Gasteiger partial charge in [0.2, 0.25) is 5.51 Å². The summed E-state index contributed by atoms with van der Waals surface area (Å²) >= 11 is 4.50. The maximum Gasteiger partial charge on any atom is 0.225 e. The molecule has 2 fully saturated rings. The van der Waals surface area contributed by atoms with Crippen LogP contribution in [0.2, 0.25) is 0 Å². The van der Waals surface area contributed by atoms with Gasteiger partial charge >= 0.3 is 0 Å². The first-order valence-electron chi connectivity index (χ1n) is 18.7. The van der Waals surface area contributed by atoms with E-state index in [1.165, 1.54) is 22.7 Å². The number of nitrogens with two attached hydrogens (primary N) is 2. The smallest absolute Gasteiger partial charge is 0.225 e. The molecule has 2 atom stereocenters. The number of pyridine rings is 2. The number of rotatable bonds is 9. The van der Waals surface area contributed by atoms with E-state index in [1.807, 2.05) is 64.2 Å². The standard InChI is InChI=1S/C39H40N11O2S5/c1-19-42-14-29(48(19)4)25-11-27(21-13-44-47(3)16-21)45-36-32(25)35(41)39(54-36)57(52)24-9-22(10-24)50-17-31(53-18-50)28-12-26(30-15-43-20(2)49(30)5)33-34(40)38(55-37(33)46-28)56(51)23-7-6-8-23/h11-18,22-24H,6-10,40-41H2,1-5H3/q+1. The summed E-state index contributed by atoms with van der Waals surface area (Å²) in [6.07, 6.45) is 14.2. The van der Waals surface area contributed by atoms with Crippen molar-refractivity contribution in [3.05, 3.63) is 60.3 Å². The number of nitrogen functional groups attached to an aromatic ring is 2. The molecule has 8 heterocycles. The fraction of sp³-hybridized carbons (Fsp3) is 0.333. The SMILES string of the molecule is Cc1ncc(-c2cc(-c3cnn(C)c3)nc3sc(S(=O)C4CC([n+]5csc(-c6cc(-c7cnc(C)n7C)c7c(N)c(S(=O)C8CCC8)sc7n6)c5)C4)c(N)c23)n1C. The topological polar surface area (TPSA) is 169 Å². The van der Waals surface area contributed by atoms with Crippen LogP contribution < -0.4 is 16.0 Å². The van der Waals surface area contributed by atoms with Crippen molar-refractivity contribution >= 4 is 87.4 Å². The van der Waals surface area contributed by atoms with Crippen LogP contribution in [-0.4, -0.2) is 57.8 Å². The Morgan fingerprint density at radius 3 is 1.86 bits per heavy atom. The van der Waals surface area contributed by atoms with Crippen LogP contribution >= 0.6 is 34.0 Å².